The van der Waals surface area contributed by atoms with Crippen LogP contribution < -0.4 is 10.1 Å². The van der Waals surface area contributed by atoms with Crippen molar-refractivity contribution in [1.82, 2.24) is 5.32 Å². The van der Waals surface area contributed by atoms with E-state index >= 15 is 0 Å². The van der Waals surface area contributed by atoms with E-state index in [0.29, 0.717) is 19.4 Å². The van der Waals surface area contributed by atoms with Crippen LogP contribution >= 0.6 is 0 Å². The summed E-state index contributed by atoms with van der Waals surface area (Å²) >= 11 is 0. The highest BCUT2D eigenvalue weighted by Crippen LogP contribution is 2.18. The van der Waals surface area contributed by atoms with Crippen LogP contribution in [0.2, 0.25) is 0 Å². The van der Waals surface area contributed by atoms with Gasteiger partial charge in [-0.2, -0.15) is 0 Å². The molecule has 0 saturated carbocycles. The van der Waals surface area contributed by atoms with Crippen LogP contribution in [-0.4, -0.2) is 24.7 Å². The number of benzene rings is 2. The Labute approximate surface area is 137 Å². The topological polar surface area (TPSA) is 58.6 Å². The number of phenols is 1. The number of para-hydroxylation sites is 1. The summed E-state index contributed by atoms with van der Waals surface area (Å²) in [5.74, 6) is 1.16. The highest BCUT2D eigenvalue weighted by molar-refractivity contribution is 5.76. The van der Waals surface area contributed by atoms with E-state index in [2.05, 4.69) is 5.32 Å². The number of carbonyl (C=O) groups excluding carboxylic acids is 1. The number of carbonyl (C=O) groups is 1. The molecule has 0 saturated heterocycles. The van der Waals surface area contributed by atoms with Gasteiger partial charge in [0, 0.05) is 13.0 Å². The molecule has 0 aliphatic carbocycles. The van der Waals surface area contributed by atoms with Gasteiger partial charge in [0.05, 0.1) is 7.11 Å². The predicted molar refractivity (Wildman–Crippen MR) is 90.8 cm³/mol. The second-order valence-electron chi connectivity index (χ2n) is 5.43. The molecule has 1 amide bonds. The molecular formula is C19H23NO3. The molecule has 0 aliphatic rings. The Kier molecular flexibility index (Phi) is 6.48. The Hall–Kier alpha value is -2.49. The molecule has 122 valence electrons. The average molecular weight is 313 g/mol. The number of aromatic hydroxyl groups is 1. The molecule has 2 aromatic rings. The number of phenolic OH excluding ortho intramolecular Hbond substituents is 1. The van der Waals surface area contributed by atoms with Crippen molar-refractivity contribution in [2.75, 3.05) is 13.7 Å². The van der Waals surface area contributed by atoms with Gasteiger partial charge in [0.25, 0.3) is 0 Å². The van der Waals surface area contributed by atoms with E-state index in [1.165, 1.54) is 0 Å². The second-order valence-corrected chi connectivity index (χ2v) is 5.43. The molecule has 4 heteroatoms. The van der Waals surface area contributed by atoms with Gasteiger partial charge in [-0.3, -0.25) is 4.79 Å². The number of rotatable bonds is 8. The second kappa shape index (κ2) is 8.83. The fraction of sp³-hybridized carbons (Fsp3) is 0.316. The maximum Gasteiger partial charge on any atom is 0.220 e. The summed E-state index contributed by atoms with van der Waals surface area (Å²) in [6.45, 7) is 0.658. The molecule has 2 N–H and O–H groups in total. The molecule has 2 aromatic carbocycles. The van der Waals surface area contributed by atoms with Crippen LogP contribution in [0.25, 0.3) is 0 Å². The van der Waals surface area contributed by atoms with Crippen LogP contribution in [0.5, 0.6) is 11.5 Å². The smallest absolute Gasteiger partial charge is 0.220 e. The minimum Gasteiger partial charge on any atom is -0.508 e. The molecule has 0 bridgehead atoms. The molecule has 0 radical (unpaired) electrons. The van der Waals surface area contributed by atoms with E-state index in [1.807, 2.05) is 36.4 Å². The quantitative estimate of drug-likeness (QED) is 0.736. The van der Waals surface area contributed by atoms with Crippen LogP contribution in [-0.2, 0) is 17.6 Å². The minimum atomic E-state index is 0.0570. The SMILES string of the molecule is COc1ccccc1CCC(=O)NCCCc1ccc(O)cc1. The molecule has 0 aromatic heterocycles. The number of methoxy groups -OCH3 is 1. The van der Waals surface area contributed by atoms with Crippen LogP contribution in [0, 0.1) is 0 Å². The molecule has 0 fully saturated rings. The number of hydrogen-bond donors (Lipinski definition) is 2. The van der Waals surface area contributed by atoms with Crippen LogP contribution in [0.3, 0.4) is 0 Å². The molecule has 0 spiro atoms. The van der Waals surface area contributed by atoms with Crippen molar-refractivity contribution in [3.8, 4) is 11.5 Å². The first-order valence-electron chi connectivity index (χ1n) is 7.85. The minimum absolute atomic E-state index is 0.0570. The average Bonchev–Trinajstić information content (AvgIpc) is 2.58. The van der Waals surface area contributed by atoms with Gasteiger partial charge in [0.2, 0.25) is 5.91 Å². The Bertz CT molecular complexity index is 623. The summed E-state index contributed by atoms with van der Waals surface area (Å²) in [6.07, 6.45) is 2.89. The molecule has 0 atom stereocenters. The summed E-state index contributed by atoms with van der Waals surface area (Å²) in [7, 11) is 1.64. The third-order valence-corrected chi connectivity index (χ3v) is 3.71. The monoisotopic (exact) mass is 313 g/mol. The Morgan fingerprint density at radius 3 is 2.57 bits per heavy atom. The van der Waals surface area contributed by atoms with Gasteiger partial charge in [-0.05, 0) is 48.6 Å². The van der Waals surface area contributed by atoms with Crippen LogP contribution in [0.15, 0.2) is 48.5 Å². The van der Waals surface area contributed by atoms with Crippen molar-refractivity contribution >= 4 is 5.91 Å². The summed E-state index contributed by atoms with van der Waals surface area (Å²) in [6, 6.07) is 14.9. The zero-order chi connectivity index (χ0) is 16.5. The number of aryl methyl sites for hydroxylation is 2. The fourth-order valence-corrected chi connectivity index (χ4v) is 2.43. The van der Waals surface area contributed by atoms with E-state index < -0.39 is 0 Å². The van der Waals surface area contributed by atoms with Crippen molar-refractivity contribution < 1.29 is 14.6 Å². The highest BCUT2D eigenvalue weighted by Gasteiger charge is 2.05. The summed E-state index contributed by atoms with van der Waals surface area (Å²) in [4.78, 5) is 11.9. The maximum atomic E-state index is 11.9. The first-order valence-corrected chi connectivity index (χ1v) is 7.85. The van der Waals surface area contributed by atoms with E-state index in [-0.39, 0.29) is 11.7 Å². The van der Waals surface area contributed by atoms with Gasteiger partial charge < -0.3 is 15.2 Å². The Morgan fingerprint density at radius 2 is 1.83 bits per heavy atom. The summed E-state index contributed by atoms with van der Waals surface area (Å²) in [5.41, 5.74) is 2.21. The zero-order valence-corrected chi connectivity index (χ0v) is 13.4. The fourth-order valence-electron chi connectivity index (χ4n) is 2.43. The van der Waals surface area contributed by atoms with E-state index in [0.717, 1.165) is 29.7 Å². The molecule has 0 aliphatic heterocycles. The molecular weight excluding hydrogens is 290 g/mol. The predicted octanol–water partition coefficient (Wildman–Crippen LogP) is 3.08. The van der Waals surface area contributed by atoms with Crippen LogP contribution in [0.1, 0.15) is 24.0 Å². The standard InChI is InChI=1S/C19H23NO3/c1-23-18-7-3-2-6-16(18)10-13-19(22)20-14-4-5-15-8-11-17(21)12-9-15/h2-3,6-9,11-12,21H,4-5,10,13-14H2,1H3,(H,20,22). The van der Waals surface area contributed by atoms with Crippen molar-refractivity contribution in [3.05, 3.63) is 59.7 Å². The van der Waals surface area contributed by atoms with Gasteiger partial charge in [-0.25, -0.2) is 0 Å². The largest absolute Gasteiger partial charge is 0.508 e. The third kappa shape index (κ3) is 5.66. The van der Waals surface area contributed by atoms with Gasteiger partial charge in [0.1, 0.15) is 11.5 Å². The van der Waals surface area contributed by atoms with Crippen molar-refractivity contribution in [1.29, 1.82) is 0 Å². The first kappa shape index (κ1) is 16.9. The van der Waals surface area contributed by atoms with Crippen molar-refractivity contribution in [2.45, 2.75) is 25.7 Å². The van der Waals surface area contributed by atoms with E-state index in [1.54, 1.807) is 19.2 Å². The number of hydrogen-bond acceptors (Lipinski definition) is 3. The molecule has 0 heterocycles. The molecule has 2 rings (SSSR count). The van der Waals surface area contributed by atoms with E-state index in [4.69, 9.17) is 4.74 Å². The highest BCUT2D eigenvalue weighted by atomic mass is 16.5. The van der Waals surface area contributed by atoms with Gasteiger partial charge in [0.15, 0.2) is 0 Å². The lowest BCUT2D eigenvalue weighted by Gasteiger charge is -2.08. The number of amides is 1. The normalized spacial score (nSPS) is 10.3. The number of ether oxygens (including phenoxy) is 1. The first-order chi connectivity index (χ1) is 11.2. The van der Waals surface area contributed by atoms with E-state index in [9.17, 15) is 9.90 Å². The maximum absolute atomic E-state index is 11.9. The van der Waals surface area contributed by atoms with Crippen LogP contribution in [0.4, 0.5) is 0 Å². The summed E-state index contributed by atoms with van der Waals surface area (Å²) < 4.78 is 5.28. The Balaban J connectivity index is 1.66. The zero-order valence-electron chi connectivity index (χ0n) is 13.4. The summed E-state index contributed by atoms with van der Waals surface area (Å²) in [5, 5.41) is 12.2. The number of nitrogens with one attached hydrogen (secondary N) is 1. The Morgan fingerprint density at radius 1 is 1.09 bits per heavy atom. The lowest BCUT2D eigenvalue weighted by atomic mass is 10.1. The lowest BCUT2D eigenvalue weighted by molar-refractivity contribution is -0.121. The van der Waals surface area contributed by atoms with Crippen molar-refractivity contribution in [2.24, 2.45) is 0 Å². The molecule has 4 nitrogen and oxygen atoms in total. The van der Waals surface area contributed by atoms with Gasteiger partial charge >= 0.3 is 0 Å². The lowest BCUT2D eigenvalue weighted by Crippen LogP contribution is -2.25. The third-order valence-electron chi connectivity index (χ3n) is 3.71. The van der Waals surface area contributed by atoms with Gasteiger partial charge in [-0.1, -0.05) is 30.3 Å². The molecule has 23 heavy (non-hydrogen) atoms. The van der Waals surface area contributed by atoms with Gasteiger partial charge in [-0.15, -0.1) is 0 Å². The van der Waals surface area contributed by atoms with Crippen molar-refractivity contribution in [3.63, 3.8) is 0 Å². The molecule has 0 unspecified atom stereocenters.